The van der Waals surface area contributed by atoms with Crippen molar-refractivity contribution >= 4 is 19.8 Å². The van der Waals surface area contributed by atoms with Gasteiger partial charge in [-0.3, -0.25) is 18.6 Å². The molecule has 0 aromatic carbocycles. The average Bonchev–Trinajstić information content (AvgIpc) is 3.13. The van der Waals surface area contributed by atoms with Gasteiger partial charge in [-0.25, -0.2) is 4.57 Å². The smallest absolute Gasteiger partial charge is 0.462 e. The van der Waals surface area contributed by atoms with Gasteiger partial charge in [0.1, 0.15) is 19.8 Å². The van der Waals surface area contributed by atoms with Crippen molar-refractivity contribution in [3.8, 4) is 0 Å². The van der Waals surface area contributed by atoms with Crippen molar-refractivity contribution in [2.24, 2.45) is 0 Å². The highest BCUT2D eigenvalue weighted by atomic mass is 31.2. The predicted molar refractivity (Wildman–Crippen MR) is 229 cm³/mol. The summed E-state index contributed by atoms with van der Waals surface area (Å²) < 4.78 is 34.3. The Labute approximate surface area is 337 Å². The van der Waals surface area contributed by atoms with Gasteiger partial charge in [0.15, 0.2) is 6.10 Å². The molecule has 0 saturated carbocycles. The lowest BCUT2D eigenvalue weighted by Gasteiger charge is -2.24. The van der Waals surface area contributed by atoms with Crippen LogP contribution in [0.15, 0.2) is 48.6 Å². The first-order valence-corrected chi connectivity index (χ1v) is 23.4. The number of rotatable bonds is 39. The van der Waals surface area contributed by atoms with Crippen LogP contribution in [0.3, 0.4) is 0 Å². The van der Waals surface area contributed by atoms with Crippen LogP contribution in [-0.2, 0) is 32.7 Å². The SMILES string of the molecule is CCCCC/C=C/C/C=C/C/C=C/CCCCCCC(=O)O[C@H](COC(=O)CCCCCCC/C=C/CCCCCCC)COP(=O)(O)OCC[N+](C)(C)C. The molecule has 0 spiro atoms. The van der Waals surface area contributed by atoms with Crippen LogP contribution >= 0.6 is 7.82 Å². The zero-order valence-corrected chi connectivity index (χ0v) is 36.8. The molecule has 10 heteroatoms. The molecule has 0 amide bonds. The van der Waals surface area contributed by atoms with Crippen LogP contribution in [0.1, 0.15) is 174 Å². The number of phosphoric acid groups is 1. The third-order valence-electron chi connectivity index (χ3n) is 9.08. The lowest BCUT2D eigenvalue weighted by molar-refractivity contribution is -0.870. The van der Waals surface area contributed by atoms with Crippen molar-refractivity contribution in [2.75, 3.05) is 47.5 Å². The molecule has 0 rings (SSSR count). The minimum absolute atomic E-state index is 0.0244. The van der Waals surface area contributed by atoms with E-state index in [-0.39, 0.29) is 32.0 Å². The van der Waals surface area contributed by atoms with E-state index in [0.29, 0.717) is 17.4 Å². The van der Waals surface area contributed by atoms with E-state index in [1.54, 1.807) is 0 Å². The molecule has 0 saturated heterocycles. The van der Waals surface area contributed by atoms with Gasteiger partial charge in [0.05, 0.1) is 27.7 Å². The molecule has 0 radical (unpaired) electrons. The Bertz CT molecular complexity index is 1080. The van der Waals surface area contributed by atoms with Crippen molar-refractivity contribution in [1.29, 1.82) is 0 Å². The number of hydrogen-bond donors (Lipinski definition) is 1. The minimum atomic E-state index is -4.38. The second-order valence-electron chi connectivity index (χ2n) is 15.7. The van der Waals surface area contributed by atoms with E-state index in [0.717, 1.165) is 77.0 Å². The van der Waals surface area contributed by atoms with Crippen molar-refractivity contribution in [3.05, 3.63) is 48.6 Å². The first kappa shape index (κ1) is 53.0. The highest BCUT2D eigenvalue weighted by Crippen LogP contribution is 2.43. The van der Waals surface area contributed by atoms with Gasteiger partial charge in [-0.2, -0.15) is 0 Å². The van der Waals surface area contributed by atoms with E-state index >= 15 is 0 Å². The van der Waals surface area contributed by atoms with E-state index in [1.807, 2.05) is 21.1 Å². The fourth-order valence-electron chi connectivity index (χ4n) is 5.60. The Kier molecular flexibility index (Phi) is 36.2. The molecule has 0 heterocycles. The standard InChI is InChI=1S/C45H82NO8P/c1-6-8-10-12-14-16-18-20-22-23-24-26-28-30-32-34-36-38-45(48)54-43(42-53-55(49,50)52-40-39-46(3,4)5)41-51-44(47)37-35-33-31-29-27-25-21-19-17-15-13-11-9-7-2/h14,16,19-22,24,26,43H,6-13,15,17-18,23,25,27-42H2,1-5H3/p+1/b16-14+,21-19+,22-20+,26-24+/t43-/m1/s1. The summed E-state index contributed by atoms with van der Waals surface area (Å²) in [5.74, 6) is -0.836. The van der Waals surface area contributed by atoms with Crippen LogP contribution in [-0.4, -0.2) is 74.9 Å². The molecule has 1 unspecified atom stereocenters. The normalized spacial score (nSPS) is 14.1. The molecular weight excluding hydrogens is 713 g/mol. The van der Waals surface area contributed by atoms with Gasteiger partial charge in [0.25, 0.3) is 0 Å². The van der Waals surface area contributed by atoms with E-state index in [2.05, 4.69) is 62.5 Å². The van der Waals surface area contributed by atoms with Crippen molar-refractivity contribution in [2.45, 2.75) is 180 Å². The summed E-state index contributed by atoms with van der Waals surface area (Å²) >= 11 is 0. The number of esters is 2. The lowest BCUT2D eigenvalue weighted by Crippen LogP contribution is -2.37. The average molecular weight is 797 g/mol. The van der Waals surface area contributed by atoms with Crippen LogP contribution < -0.4 is 0 Å². The molecule has 320 valence electrons. The van der Waals surface area contributed by atoms with Crippen molar-refractivity contribution < 1.29 is 42.1 Å². The number of allylic oxidation sites excluding steroid dienone is 8. The first-order valence-electron chi connectivity index (χ1n) is 21.9. The molecule has 0 aromatic rings. The summed E-state index contributed by atoms with van der Waals surface area (Å²) in [5.41, 5.74) is 0. The molecular formula is C45H83NO8P+. The third kappa shape index (κ3) is 41.4. The molecule has 0 aliphatic rings. The number of hydrogen-bond acceptors (Lipinski definition) is 7. The summed E-state index contributed by atoms with van der Waals surface area (Å²) in [7, 11) is 1.45. The monoisotopic (exact) mass is 797 g/mol. The van der Waals surface area contributed by atoms with Gasteiger partial charge in [-0.1, -0.05) is 133 Å². The summed E-state index contributed by atoms with van der Waals surface area (Å²) in [6.07, 6.45) is 42.9. The Morgan fingerprint density at radius 2 is 0.982 bits per heavy atom. The highest BCUT2D eigenvalue weighted by molar-refractivity contribution is 7.47. The quantitative estimate of drug-likeness (QED) is 0.0215. The van der Waals surface area contributed by atoms with E-state index in [4.69, 9.17) is 18.5 Å². The molecule has 9 nitrogen and oxygen atoms in total. The second-order valence-corrected chi connectivity index (χ2v) is 17.2. The summed E-state index contributed by atoms with van der Waals surface area (Å²) in [6.45, 7) is 4.34. The Morgan fingerprint density at radius 3 is 1.51 bits per heavy atom. The fourth-order valence-corrected chi connectivity index (χ4v) is 6.34. The number of ether oxygens (including phenoxy) is 2. The van der Waals surface area contributed by atoms with E-state index in [1.165, 1.54) is 64.2 Å². The molecule has 0 aromatic heterocycles. The molecule has 0 fully saturated rings. The topological polar surface area (TPSA) is 108 Å². The van der Waals surface area contributed by atoms with Gasteiger partial charge in [-0.05, 0) is 77.0 Å². The Hall–Kier alpha value is -2.03. The van der Waals surface area contributed by atoms with Crippen LogP contribution in [0.25, 0.3) is 0 Å². The maximum absolute atomic E-state index is 12.7. The molecule has 0 bridgehead atoms. The van der Waals surface area contributed by atoms with Gasteiger partial charge in [0.2, 0.25) is 0 Å². The number of nitrogens with zero attached hydrogens (tertiary/aromatic N) is 1. The van der Waals surface area contributed by atoms with E-state index < -0.39 is 26.5 Å². The van der Waals surface area contributed by atoms with Crippen molar-refractivity contribution in [1.82, 2.24) is 0 Å². The maximum atomic E-state index is 12.7. The third-order valence-corrected chi connectivity index (χ3v) is 10.1. The largest absolute Gasteiger partial charge is 0.472 e. The fraction of sp³-hybridized carbons (Fsp3) is 0.778. The number of quaternary nitrogens is 1. The van der Waals surface area contributed by atoms with Crippen LogP contribution in [0, 0.1) is 0 Å². The van der Waals surface area contributed by atoms with E-state index in [9.17, 15) is 19.0 Å². The summed E-state index contributed by atoms with van der Waals surface area (Å²) in [5, 5.41) is 0. The zero-order chi connectivity index (χ0) is 40.7. The molecule has 0 aliphatic heterocycles. The van der Waals surface area contributed by atoms with Crippen LogP contribution in [0.4, 0.5) is 0 Å². The first-order chi connectivity index (χ1) is 26.5. The number of carbonyl (C=O) groups is 2. The van der Waals surface area contributed by atoms with Gasteiger partial charge in [0, 0.05) is 12.8 Å². The molecule has 2 atom stereocenters. The number of likely N-dealkylation sites (N-methyl/N-ethyl adjacent to an activating group) is 1. The zero-order valence-electron chi connectivity index (χ0n) is 35.9. The van der Waals surface area contributed by atoms with Crippen LogP contribution in [0.2, 0.25) is 0 Å². The van der Waals surface area contributed by atoms with Gasteiger partial charge in [-0.15, -0.1) is 0 Å². The highest BCUT2D eigenvalue weighted by Gasteiger charge is 2.27. The molecule has 0 aliphatic carbocycles. The summed E-state index contributed by atoms with van der Waals surface area (Å²) in [6, 6.07) is 0. The molecule has 55 heavy (non-hydrogen) atoms. The number of phosphoric ester groups is 1. The Balaban J connectivity index is 4.43. The van der Waals surface area contributed by atoms with Gasteiger partial charge >= 0.3 is 19.8 Å². The summed E-state index contributed by atoms with van der Waals surface area (Å²) in [4.78, 5) is 35.3. The number of unbranched alkanes of at least 4 members (excludes halogenated alkanes) is 17. The number of carbonyl (C=O) groups excluding carboxylic acids is 2. The van der Waals surface area contributed by atoms with Crippen LogP contribution in [0.5, 0.6) is 0 Å². The van der Waals surface area contributed by atoms with Crippen molar-refractivity contribution in [3.63, 3.8) is 0 Å². The molecule has 1 N–H and O–H groups in total. The lowest BCUT2D eigenvalue weighted by atomic mass is 10.1. The Morgan fingerprint density at radius 1 is 0.564 bits per heavy atom. The second kappa shape index (κ2) is 37.5. The minimum Gasteiger partial charge on any atom is -0.462 e. The maximum Gasteiger partial charge on any atom is 0.472 e. The predicted octanol–water partition coefficient (Wildman–Crippen LogP) is 12.3. The van der Waals surface area contributed by atoms with Gasteiger partial charge < -0.3 is 18.9 Å².